The number of carboxylic acids is 1. The number of amides is 1. The molecule has 0 unspecified atom stereocenters. The number of thioether (sulfide) groups is 1. The molecule has 1 amide bonds. The van der Waals surface area contributed by atoms with Gasteiger partial charge in [0.25, 0.3) is 5.91 Å². The zero-order chi connectivity index (χ0) is 24.9. The number of nitriles is 1. The van der Waals surface area contributed by atoms with E-state index in [4.69, 9.17) is 4.74 Å². The monoisotopic (exact) mass is 547 g/mol. The molecule has 9 heteroatoms. The van der Waals surface area contributed by atoms with Crippen molar-refractivity contribution in [2.45, 2.75) is 6.61 Å². The zero-order valence-electron chi connectivity index (χ0n) is 18.4. The van der Waals surface area contributed by atoms with E-state index in [0.717, 1.165) is 10.0 Å². The van der Waals surface area contributed by atoms with Crippen LogP contribution in [-0.4, -0.2) is 34.1 Å². The predicted molar refractivity (Wildman–Crippen MR) is 138 cm³/mol. The first-order valence-electron chi connectivity index (χ1n) is 10.4. The maximum Gasteiger partial charge on any atom is 0.335 e. The first-order valence-corrected chi connectivity index (χ1v) is 12.0. The summed E-state index contributed by atoms with van der Waals surface area (Å²) < 4.78 is 6.83. The summed E-state index contributed by atoms with van der Waals surface area (Å²) in [7, 11) is 1.62. The first-order chi connectivity index (χ1) is 16.9. The number of halogens is 1. The summed E-state index contributed by atoms with van der Waals surface area (Å²) in [5.41, 5.74) is 2.55. The second-order valence-electron chi connectivity index (χ2n) is 7.46. The maximum absolute atomic E-state index is 12.9. The van der Waals surface area contributed by atoms with Gasteiger partial charge in [-0.3, -0.25) is 9.69 Å². The van der Waals surface area contributed by atoms with Crippen molar-refractivity contribution in [1.29, 1.82) is 5.26 Å². The van der Waals surface area contributed by atoms with Gasteiger partial charge in [-0.05, 0) is 60.3 Å². The molecule has 0 spiro atoms. The smallest absolute Gasteiger partial charge is 0.335 e. The van der Waals surface area contributed by atoms with Crippen LogP contribution in [0.5, 0.6) is 5.75 Å². The van der Waals surface area contributed by atoms with E-state index in [1.54, 1.807) is 43.5 Å². The van der Waals surface area contributed by atoms with E-state index in [0.29, 0.717) is 32.6 Å². The van der Waals surface area contributed by atoms with Crippen LogP contribution in [0.4, 0.5) is 5.69 Å². The third kappa shape index (κ3) is 5.62. The van der Waals surface area contributed by atoms with Gasteiger partial charge < -0.3 is 9.84 Å². The number of likely N-dealkylation sites (N-methyl/N-ethyl adjacent to an activating group) is 1. The lowest BCUT2D eigenvalue weighted by molar-refractivity contribution is -0.121. The van der Waals surface area contributed by atoms with Gasteiger partial charge in [0.2, 0.25) is 0 Å². The Bertz CT molecular complexity index is 1430. The molecule has 1 saturated heterocycles. The summed E-state index contributed by atoms with van der Waals surface area (Å²) in [6.07, 6.45) is 1.73. The van der Waals surface area contributed by atoms with Crippen molar-refractivity contribution >= 4 is 56.5 Å². The third-order valence-electron chi connectivity index (χ3n) is 5.10. The van der Waals surface area contributed by atoms with Crippen LogP contribution in [0.1, 0.15) is 27.0 Å². The fourth-order valence-corrected chi connectivity index (χ4v) is 4.64. The molecule has 1 fully saturated rings. The summed E-state index contributed by atoms with van der Waals surface area (Å²) in [5.74, 6) is -0.719. The van der Waals surface area contributed by atoms with Crippen LogP contribution in [0.3, 0.4) is 0 Å². The fraction of sp³-hybridized carbons (Fsp3) is 0.0769. The number of carboxylic acid groups (broad SMARTS) is 1. The molecule has 7 nitrogen and oxygen atoms in total. The molecule has 4 rings (SSSR count). The number of carbonyl (C=O) groups excluding carboxylic acids is 1. The van der Waals surface area contributed by atoms with Gasteiger partial charge in [0, 0.05) is 22.6 Å². The summed E-state index contributed by atoms with van der Waals surface area (Å²) in [6.45, 7) is 0.204. The van der Waals surface area contributed by atoms with Gasteiger partial charge in [0.05, 0.1) is 27.8 Å². The Kier molecular flexibility index (Phi) is 7.34. The number of hydrogen-bond acceptors (Lipinski definition) is 6. The molecule has 3 aromatic carbocycles. The molecule has 3 aromatic rings. The van der Waals surface area contributed by atoms with E-state index in [1.807, 2.05) is 24.3 Å². The van der Waals surface area contributed by atoms with E-state index in [-0.39, 0.29) is 18.1 Å². The summed E-state index contributed by atoms with van der Waals surface area (Å²) >= 11 is 4.66. The number of ether oxygens (including phenoxy) is 1. The Balaban J connectivity index is 1.61. The number of amidine groups is 1. The first kappa shape index (κ1) is 24.3. The lowest BCUT2D eigenvalue weighted by atomic mass is 10.1. The van der Waals surface area contributed by atoms with Crippen molar-refractivity contribution in [2.24, 2.45) is 4.99 Å². The van der Waals surface area contributed by atoms with E-state index in [2.05, 4.69) is 27.0 Å². The highest BCUT2D eigenvalue weighted by Gasteiger charge is 2.30. The number of benzene rings is 3. The lowest BCUT2D eigenvalue weighted by Crippen LogP contribution is -2.23. The topological polar surface area (TPSA) is 103 Å². The SMILES string of the molecule is CN1C(=O)C(=Cc2cc(Br)ccc2OCc2ccccc2C#N)SC1=Nc1cccc(C(=O)O)c1. The Morgan fingerprint density at radius 3 is 2.77 bits per heavy atom. The van der Waals surface area contributed by atoms with Crippen LogP contribution < -0.4 is 4.74 Å². The molecule has 1 aliphatic rings. The van der Waals surface area contributed by atoms with Crippen LogP contribution in [0.15, 0.2) is 81.1 Å². The van der Waals surface area contributed by atoms with E-state index >= 15 is 0 Å². The highest BCUT2D eigenvalue weighted by atomic mass is 79.9. The van der Waals surface area contributed by atoms with Gasteiger partial charge in [-0.25, -0.2) is 9.79 Å². The molecule has 0 aliphatic carbocycles. The van der Waals surface area contributed by atoms with Crippen molar-refractivity contribution in [3.8, 4) is 11.8 Å². The molecule has 174 valence electrons. The van der Waals surface area contributed by atoms with Crippen LogP contribution in [0.25, 0.3) is 6.08 Å². The number of nitrogens with zero attached hydrogens (tertiary/aromatic N) is 3. The van der Waals surface area contributed by atoms with Crippen LogP contribution >= 0.6 is 27.7 Å². The van der Waals surface area contributed by atoms with Gasteiger partial charge in [-0.15, -0.1) is 0 Å². The predicted octanol–water partition coefficient (Wildman–Crippen LogP) is 5.83. The molecular formula is C26H18BrN3O4S. The molecule has 0 aromatic heterocycles. The molecule has 0 bridgehead atoms. The van der Waals surface area contributed by atoms with Crippen molar-refractivity contribution in [2.75, 3.05) is 7.05 Å². The van der Waals surface area contributed by atoms with Crippen molar-refractivity contribution < 1.29 is 19.4 Å². The number of carbonyl (C=O) groups is 2. The van der Waals surface area contributed by atoms with Crippen molar-refractivity contribution in [1.82, 2.24) is 4.90 Å². The van der Waals surface area contributed by atoms with Crippen molar-refractivity contribution in [3.63, 3.8) is 0 Å². The number of aromatic carboxylic acids is 1. The average Bonchev–Trinajstić information content (AvgIpc) is 3.11. The molecule has 1 heterocycles. The second kappa shape index (κ2) is 10.6. The quantitative estimate of drug-likeness (QED) is 0.389. The molecule has 0 saturated carbocycles. The second-order valence-corrected chi connectivity index (χ2v) is 9.39. The minimum Gasteiger partial charge on any atom is -0.488 e. The molecule has 0 radical (unpaired) electrons. The van der Waals surface area contributed by atoms with Gasteiger partial charge in [-0.2, -0.15) is 5.26 Å². The Morgan fingerprint density at radius 1 is 1.20 bits per heavy atom. The Morgan fingerprint density at radius 2 is 2.00 bits per heavy atom. The summed E-state index contributed by atoms with van der Waals surface area (Å²) in [6, 6.07) is 21.1. The highest BCUT2D eigenvalue weighted by Crippen LogP contribution is 2.36. The summed E-state index contributed by atoms with van der Waals surface area (Å²) in [5, 5.41) is 19.0. The van der Waals surface area contributed by atoms with Gasteiger partial charge in [-0.1, -0.05) is 40.2 Å². The van der Waals surface area contributed by atoms with Gasteiger partial charge in [0.15, 0.2) is 5.17 Å². The standard InChI is InChI=1S/C26H18BrN3O4S/c1-30-24(31)23(35-26(30)29-21-8-4-7-16(12-21)25(32)33)13-19-11-20(27)9-10-22(19)34-15-18-6-3-2-5-17(18)14-28/h2-13H,15H2,1H3,(H,32,33). The zero-order valence-corrected chi connectivity index (χ0v) is 20.8. The molecule has 1 N–H and O–H groups in total. The Labute approximate surface area is 214 Å². The highest BCUT2D eigenvalue weighted by molar-refractivity contribution is 9.10. The van der Waals surface area contributed by atoms with Crippen LogP contribution in [0, 0.1) is 11.3 Å². The normalized spacial score (nSPS) is 15.5. The number of hydrogen-bond donors (Lipinski definition) is 1. The Hall–Kier alpha value is -3.87. The van der Waals surface area contributed by atoms with Gasteiger partial charge in [0.1, 0.15) is 12.4 Å². The summed E-state index contributed by atoms with van der Waals surface area (Å²) in [4.78, 5) is 30.5. The fourth-order valence-electron chi connectivity index (χ4n) is 3.29. The van der Waals surface area contributed by atoms with Crippen LogP contribution in [-0.2, 0) is 11.4 Å². The number of rotatable bonds is 6. The van der Waals surface area contributed by atoms with E-state index in [1.165, 1.54) is 28.8 Å². The molecule has 0 atom stereocenters. The third-order valence-corrected chi connectivity index (χ3v) is 6.65. The van der Waals surface area contributed by atoms with Crippen molar-refractivity contribution in [3.05, 3.63) is 98.4 Å². The van der Waals surface area contributed by atoms with E-state index in [9.17, 15) is 20.0 Å². The minimum atomic E-state index is -1.05. The van der Waals surface area contributed by atoms with E-state index < -0.39 is 5.97 Å². The lowest BCUT2D eigenvalue weighted by Gasteiger charge is -2.11. The van der Waals surface area contributed by atoms with Gasteiger partial charge >= 0.3 is 5.97 Å². The average molecular weight is 548 g/mol. The minimum absolute atomic E-state index is 0.119. The maximum atomic E-state index is 12.9. The number of aliphatic imine (C=N–C) groups is 1. The molecular weight excluding hydrogens is 530 g/mol. The van der Waals surface area contributed by atoms with Crippen LogP contribution in [0.2, 0.25) is 0 Å². The molecule has 35 heavy (non-hydrogen) atoms. The largest absolute Gasteiger partial charge is 0.488 e. The molecule has 1 aliphatic heterocycles.